The summed E-state index contributed by atoms with van der Waals surface area (Å²) in [4.78, 5) is 23.4. The molecule has 176 valence electrons. The molecule has 4 aromatic rings. The molecule has 0 saturated carbocycles. The zero-order valence-electron chi connectivity index (χ0n) is 18.4. The van der Waals surface area contributed by atoms with Crippen LogP contribution in [0.5, 0.6) is 11.5 Å². The number of hydrogen-bond donors (Lipinski definition) is 4. The monoisotopic (exact) mass is 472 g/mol. The number of anilines is 5. The van der Waals surface area contributed by atoms with Crippen LogP contribution >= 0.6 is 0 Å². The van der Waals surface area contributed by atoms with Gasteiger partial charge in [0.2, 0.25) is 17.8 Å². The average Bonchev–Trinajstić information content (AvgIpc) is 2.85. The Hall–Kier alpha value is -5.26. The van der Waals surface area contributed by atoms with Crippen molar-refractivity contribution in [2.45, 2.75) is 0 Å². The number of phenols is 1. The van der Waals surface area contributed by atoms with Crippen molar-refractivity contribution in [3.05, 3.63) is 88.5 Å². The second-order valence-corrected chi connectivity index (χ2v) is 7.05. The molecule has 0 atom stereocenters. The molecule has 3 aromatic carbocycles. The molecule has 0 radical (unpaired) electrons. The van der Waals surface area contributed by atoms with Crippen molar-refractivity contribution in [2.75, 3.05) is 23.2 Å². The number of aromatic nitrogens is 3. The number of phenolic OH excluding ortho intramolecular Hbond substituents is 1. The maximum Gasteiger partial charge on any atom is 0.269 e. The van der Waals surface area contributed by atoms with Gasteiger partial charge in [-0.15, -0.1) is 0 Å². The molecule has 0 spiro atoms. The minimum Gasteiger partial charge on any atom is -0.508 e. The number of nitrogens with zero attached hydrogens (tertiary/aromatic N) is 5. The number of rotatable bonds is 9. The van der Waals surface area contributed by atoms with Crippen LogP contribution in [-0.4, -0.2) is 38.3 Å². The van der Waals surface area contributed by atoms with Crippen molar-refractivity contribution in [2.24, 2.45) is 5.10 Å². The van der Waals surface area contributed by atoms with Gasteiger partial charge in [0.15, 0.2) is 0 Å². The zero-order chi connectivity index (χ0) is 24.6. The molecule has 4 N–H and O–H groups in total. The third kappa shape index (κ3) is 6.38. The number of methoxy groups -OCH3 is 1. The van der Waals surface area contributed by atoms with Gasteiger partial charge in [-0.1, -0.05) is 12.1 Å². The van der Waals surface area contributed by atoms with Crippen LogP contribution in [0.4, 0.5) is 34.9 Å². The van der Waals surface area contributed by atoms with E-state index >= 15 is 0 Å². The second-order valence-electron chi connectivity index (χ2n) is 7.05. The number of benzene rings is 3. The van der Waals surface area contributed by atoms with Crippen molar-refractivity contribution in [1.29, 1.82) is 0 Å². The van der Waals surface area contributed by atoms with E-state index < -0.39 is 4.92 Å². The predicted molar refractivity (Wildman–Crippen MR) is 132 cm³/mol. The zero-order valence-corrected chi connectivity index (χ0v) is 18.4. The topological polar surface area (TPSA) is 160 Å². The first-order chi connectivity index (χ1) is 17.0. The highest BCUT2D eigenvalue weighted by Crippen LogP contribution is 2.22. The Labute approximate surface area is 199 Å². The molecule has 0 aliphatic carbocycles. The first-order valence-electron chi connectivity index (χ1n) is 10.3. The number of hydrogen-bond acceptors (Lipinski definition) is 11. The van der Waals surface area contributed by atoms with Crippen LogP contribution < -0.4 is 20.8 Å². The fourth-order valence-electron chi connectivity index (χ4n) is 2.91. The molecule has 12 nitrogen and oxygen atoms in total. The number of non-ortho nitro benzene ring substituents is 1. The van der Waals surface area contributed by atoms with Crippen LogP contribution in [0.1, 0.15) is 5.56 Å². The van der Waals surface area contributed by atoms with Crippen molar-refractivity contribution >= 4 is 41.1 Å². The SMILES string of the molecule is COc1ccc(Nc2nc(NN=Cc3cccc(O)c3)nc(Nc3ccc([N+](=O)[O-])cc3)n2)cc1. The molecule has 0 aliphatic rings. The number of nitro groups is 1. The van der Waals surface area contributed by atoms with Gasteiger partial charge in [0, 0.05) is 23.5 Å². The molecule has 0 fully saturated rings. The smallest absolute Gasteiger partial charge is 0.269 e. The van der Waals surface area contributed by atoms with E-state index in [0.29, 0.717) is 22.7 Å². The quantitative estimate of drug-likeness (QED) is 0.156. The third-order valence-corrected chi connectivity index (χ3v) is 4.56. The molecular weight excluding hydrogens is 452 g/mol. The summed E-state index contributed by atoms with van der Waals surface area (Å²) >= 11 is 0. The van der Waals surface area contributed by atoms with E-state index in [1.165, 1.54) is 18.3 Å². The normalized spacial score (nSPS) is 10.7. The largest absolute Gasteiger partial charge is 0.508 e. The Morgan fingerprint density at radius 3 is 2.09 bits per heavy atom. The highest BCUT2D eigenvalue weighted by atomic mass is 16.6. The maximum atomic E-state index is 10.9. The number of nitrogens with one attached hydrogen (secondary N) is 3. The summed E-state index contributed by atoms with van der Waals surface area (Å²) < 4.78 is 5.17. The van der Waals surface area contributed by atoms with E-state index in [-0.39, 0.29) is 29.3 Å². The summed E-state index contributed by atoms with van der Waals surface area (Å²) in [5.74, 6) is 1.37. The van der Waals surface area contributed by atoms with Crippen LogP contribution in [0.3, 0.4) is 0 Å². The first kappa shape index (κ1) is 22.9. The van der Waals surface area contributed by atoms with E-state index in [4.69, 9.17) is 4.74 Å². The third-order valence-electron chi connectivity index (χ3n) is 4.56. The molecule has 35 heavy (non-hydrogen) atoms. The fraction of sp³-hybridized carbons (Fsp3) is 0.0435. The number of hydrazone groups is 1. The van der Waals surface area contributed by atoms with E-state index in [1.807, 2.05) is 0 Å². The summed E-state index contributed by atoms with van der Waals surface area (Å²) in [7, 11) is 1.58. The summed E-state index contributed by atoms with van der Waals surface area (Å²) in [6, 6.07) is 19.6. The molecule has 0 bridgehead atoms. The van der Waals surface area contributed by atoms with Crippen LogP contribution in [-0.2, 0) is 0 Å². The van der Waals surface area contributed by atoms with E-state index in [2.05, 4.69) is 36.1 Å². The van der Waals surface area contributed by atoms with Crippen LogP contribution in [0.2, 0.25) is 0 Å². The highest BCUT2D eigenvalue weighted by Gasteiger charge is 2.09. The second kappa shape index (κ2) is 10.6. The first-order valence-corrected chi connectivity index (χ1v) is 10.3. The summed E-state index contributed by atoms with van der Waals surface area (Å²) in [5, 5.41) is 30.7. The Bertz CT molecular complexity index is 1340. The molecular formula is C23H20N8O4. The molecule has 0 unspecified atom stereocenters. The lowest BCUT2D eigenvalue weighted by molar-refractivity contribution is -0.384. The van der Waals surface area contributed by atoms with Gasteiger partial charge < -0.3 is 20.5 Å². The van der Waals surface area contributed by atoms with Crippen LogP contribution in [0.25, 0.3) is 0 Å². The van der Waals surface area contributed by atoms with Crippen molar-refractivity contribution in [3.63, 3.8) is 0 Å². The lowest BCUT2D eigenvalue weighted by Crippen LogP contribution is -2.07. The molecule has 0 saturated heterocycles. The van der Waals surface area contributed by atoms with Crippen molar-refractivity contribution in [3.8, 4) is 11.5 Å². The minimum absolute atomic E-state index is 0.0308. The Kier molecular flexibility index (Phi) is 6.92. The van der Waals surface area contributed by atoms with Gasteiger partial charge in [0.25, 0.3) is 5.69 Å². The molecule has 4 rings (SSSR count). The van der Waals surface area contributed by atoms with Crippen LogP contribution in [0.15, 0.2) is 77.9 Å². The summed E-state index contributed by atoms with van der Waals surface area (Å²) in [5.41, 5.74) is 4.65. The Morgan fingerprint density at radius 1 is 0.914 bits per heavy atom. The van der Waals surface area contributed by atoms with Gasteiger partial charge >= 0.3 is 0 Å². The summed E-state index contributed by atoms with van der Waals surface area (Å²) in [6.45, 7) is 0. The number of ether oxygens (including phenoxy) is 1. The van der Waals surface area contributed by atoms with Gasteiger partial charge in [0.1, 0.15) is 11.5 Å². The Morgan fingerprint density at radius 2 is 1.51 bits per heavy atom. The minimum atomic E-state index is -0.476. The maximum absolute atomic E-state index is 10.9. The number of nitro benzene ring substituents is 1. The highest BCUT2D eigenvalue weighted by molar-refractivity contribution is 5.80. The Balaban J connectivity index is 1.58. The molecule has 1 heterocycles. The lowest BCUT2D eigenvalue weighted by Gasteiger charge is -2.10. The average molecular weight is 472 g/mol. The van der Waals surface area contributed by atoms with Gasteiger partial charge in [-0.05, 0) is 54.1 Å². The van der Waals surface area contributed by atoms with Gasteiger partial charge in [-0.25, -0.2) is 5.43 Å². The van der Waals surface area contributed by atoms with Crippen molar-refractivity contribution < 1.29 is 14.8 Å². The molecule has 12 heteroatoms. The molecule has 0 aliphatic heterocycles. The van der Waals surface area contributed by atoms with E-state index in [1.54, 1.807) is 67.8 Å². The summed E-state index contributed by atoms with van der Waals surface area (Å²) in [6.07, 6.45) is 1.50. The molecule has 0 amide bonds. The van der Waals surface area contributed by atoms with Crippen LogP contribution in [0, 0.1) is 10.1 Å². The molecule has 1 aromatic heterocycles. The predicted octanol–water partition coefficient (Wildman–Crippen LogP) is 4.43. The standard InChI is InChI=1S/C23H20N8O4/c1-35-20-11-7-17(8-12-20)26-22-27-21(25-16-5-9-18(10-6-16)31(33)34)28-23(29-22)30-24-14-15-3-2-4-19(32)13-15/h2-14,32H,1H3,(H3,25,26,27,28,29,30). The van der Waals surface area contributed by atoms with E-state index in [9.17, 15) is 15.2 Å². The van der Waals surface area contributed by atoms with E-state index in [0.717, 1.165) is 0 Å². The number of aromatic hydroxyl groups is 1. The van der Waals surface area contributed by atoms with Gasteiger partial charge in [-0.2, -0.15) is 20.1 Å². The fourth-order valence-corrected chi connectivity index (χ4v) is 2.91. The van der Waals surface area contributed by atoms with Crippen molar-refractivity contribution in [1.82, 2.24) is 15.0 Å². The lowest BCUT2D eigenvalue weighted by atomic mass is 10.2. The van der Waals surface area contributed by atoms with Gasteiger partial charge in [0.05, 0.1) is 18.2 Å². The van der Waals surface area contributed by atoms with Gasteiger partial charge in [-0.3, -0.25) is 10.1 Å².